The van der Waals surface area contributed by atoms with E-state index in [0.29, 0.717) is 18.9 Å². The van der Waals surface area contributed by atoms with Crippen LogP contribution in [-0.4, -0.2) is 11.7 Å². The molecule has 0 unspecified atom stereocenters. The van der Waals surface area contributed by atoms with Gasteiger partial charge in [0.15, 0.2) is 0 Å². The van der Waals surface area contributed by atoms with Crippen LogP contribution < -0.4 is 4.74 Å². The Kier molecular flexibility index (Phi) is 2.46. The molecule has 0 spiro atoms. The van der Waals surface area contributed by atoms with Gasteiger partial charge in [0.05, 0.1) is 12.7 Å². The van der Waals surface area contributed by atoms with E-state index >= 15 is 0 Å². The van der Waals surface area contributed by atoms with Crippen LogP contribution in [0.1, 0.15) is 43.4 Å². The molecule has 2 nitrogen and oxygen atoms in total. The summed E-state index contributed by atoms with van der Waals surface area (Å²) in [6.45, 7) is 4.90. The van der Waals surface area contributed by atoms with E-state index in [1.165, 1.54) is 5.56 Å². The number of hydrogen-bond acceptors (Lipinski definition) is 2. The third-order valence-electron chi connectivity index (χ3n) is 2.69. The summed E-state index contributed by atoms with van der Waals surface area (Å²) in [5.41, 5.74) is 2.14. The van der Waals surface area contributed by atoms with Crippen LogP contribution in [0.5, 0.6) is 5.75 Å². The van der Waals surface area contributed by atoms with Crippen LogP contribution in [0.2, 0.25) is 0 Å². The first kappa shape index (κ1) is 9.53. The number of aliphatic hydroxyl groups is 1. The second-order valence-corrected chi connectivity index (χ2v) is 4.07. The molecule has 0 fully saturated rings. The summed E-state index contributed by atoms with van der Waals surface area (Å²) < 4.78 is 5.63. The molecule has 0 bridgehead atoms. The van der Waals surface area contributed by atoms with Gasteiger partial charge in [-0.3, -0.25) is 0 Å². The summed E-state index contributed by atoms with van der Waals surface area (Å²) in [4.78, 5) is 0. The lowest BCUT2D eigenvalue weighted by atomic mass is 9.94. The smallest absolute Gasteiger partial charge is 0.128 e. The second kappa shape index (κ2) is 3.62. The highest BCUT2D eigenvalue weighted by atomic mass is 16.5. The number of hydrogen-bond donors (Lipinski definition) is 1. The van der Waals surface area contributed by atoms with Crippen LogP contribution in [0.15, 0.2) is 18.2 Å². The van der Waals surface area contributed by atoms with Crippen LogP contribution in [0.4, 0.5) is 0 Å². The monoisotopic (exact) mass is 192 g/mol. The van der Waals surface area contributed by atoms with Gasteiger partial charge in [-0.25, -0.2) is 0 Å². The predicted molar refractivity (Wildman–Crippen MR) is 55.6 cm³/mol. The molecule has 1 heterocycles. The molecule has 14 heavy (non-hydrogen) atoms. The third kappa shape index (κ3) is 1.50. The first-order valence-electron chi connectivity index (χ1n) is 5.14. The minimum atomic E-state index is -0.350. The van der Waals surface area contributed by atoms with Gasteiger partial charge >= 0.3 is 0 Å². The Labute approximate surface area is 84.5 Å². The van der Waals surface area contributed by atoms with Crippen LogP contribution in [-0.2, 0) is 0 Å². The lowest BCUT2D eigenvalue weighted by Gasteiger charge is -2.25. The Hall–Kier alpha value is -1.02. The van der Waals surface area contributed by atoms with Crippen LogP contribution >= 0.6 is 0 Å². The minimum Gasteiger partial charge on any atom is -0.493 e. The van der Waals surface area contributed by atoms with Crippen molar-refractivity contribution in [1.82, 2.24) is 0 Å². The van der Waals surface area contributed by atoms with E-state index in [-0.39, 0.29) is 6.10 Å². The minimum absolute atomic E-state index is 0.350. The molecule has 2 rings (SSSR count). The maximum atomic E-state index is 9.79. The SMILES string of the molecule is CC(C)c1cccc2c1OCC[C@H]2O. The van der Waals surface area contributed by atoms with Crippen molar-refractivity contribution in [2.45, 2.75) is 32.3 Å². The Morgan fingerprint density at radius 2 is 2.21 bits per heavy atom. The molecule has 1 aromatic carbocycles. The average Bonchev–Trinajstić information content (AvgIpc) is 2.17. The zero-order chi connectivity index (χ0) is 10.1. The molecule has 0 aromatic heterocycles. The summed E-state index contributed by atoms with van der Waals surface area (Å²) in [5, 5.41) is 9.79. The van der Waals surface area contributed by atoms with Crippen molar-refractivity contribution in [1.29, 1.82) is 0 Å². The van der Waals surface area contributed by atoms with Gasteiger partial charge in [-0.05, 0) is 11.5 Å². The van der Waals surface area contributed by atoms with Crippen LogP contribution in [0, 0.1) is 0 Å². The van der Waals surface area contributed by atoms with Gasteiger partial charge in [-0.15, -0.1) is 0 Å². The van der Waals surface area contributed by atoms with E-state index in [2.05, 4.69) is 19.9 Å². The lowest BCUT2D eigenvalue weighted by Crippen LogP contribution is -2.15. The van der Waals surface area contributed by atoms with Crippen molar-refractivity contribution in [3.8, 4) is 5.75 Å². The van der Waals surface area contributed by atoms with Gasteiger partial charge in [0.2, 0.25) is 0 Å². The van der Waals surface area contributed by atoms with Gasteiger partial charge in [-0.1, -0.05) is 32.0 Å². The fraction of sp³-hybridized carbons (Fsp3) is 0.500. The Bertz CT molecular complexity index is 317. The van der Waals surface area contributed by atoms with Gasteiger partial charge in [0.25, 0.3) is 0 Å². The fourth-order valence-corrected chi connectivity index (χ4v) is 1.89. The molecule has 2 heteroatoms. The normalized spacial score (nSPS) is 20.4. The molecule has 0 radical (unpaired) electrons. The molecule has 1 aromatic rings. The summed E-state index contributed by atoms with van der Waals surface area (Å²) >= 11 is 0. The van der Waals surface area contributed by atoms with Crippen LogP contribution in [0.3, 0.4) is 0 Å². The number of benzene rings is 1. The number of rotatable bonds is 1. The Balaban J connectivity index is 2.49. The molecular weight excluding hydrogens is 176 g/mol. The van der Waals surface area contributed by atoms with Crippen molar-refractivity contribution in [2.75, 3.05) is 6.61 Å². The highest BCUT2D eigenvalue weighted by Crippen LogP contribution is 2.37. The Morgan fingerprint density at radius 3 is 2.93 bits per heavy atom. The highest BCUT2D eigenvalue weighted by molar-refractivity contribution is 5.45. The Morgan fingerprint density at radius 1 is 1.43 bits per heavy atom. The van der Waals surface area contributed by atoms with Crippen LogP contribution in [0.25, 0.3) is 0 Å². The molecule has 1 atom stereocenters. The van der Waals surface area contributed by atoms with Gasteiger partial charge < -0.3 is 9.84 Å². The molecule has 1 N–H and O–H groups in total. The van der Waals surface area contributed by atoms with Crippen molar-refractivity contribution >= 4 is 0 Å². The van der Waals surface area contributed by atoms with Gasteiger partial charge in [-0.2, -0.15) is 0 Å². The number of para-hydroxylation sites is 1. The van der Waals surface area contributed by atoms with Gasteiger partial charge in [0, 0.05) is 12.0 Å². The first-order chi connectivity index (χ1) is 6.70. The number of ether oxygens (including phenoxy) is 1. The first-order valence-corrected chi connectivity index (χ1v) is 5.14. The van der Waals surface area contributed by atoms with Crippen molar-refractivity contribution < 1.29 is 9.84 Å². The quantitative estimate of drug-likeness (QED) is 0.741. The van der Waals surface area contributed by atoms with E-state index in [1.54, 1.807) is 0 Å². The zero-order valence-electron chi connectivity index (χ0n) is 8.66. The van der Waals surface area contributed by atoms with E-state index in [9.17, 15) is 5.11 Å². The third-order valence-corrected chi connectivity index (χ3v) is 2.69. The van der Waals surface area contributed by atoms with E-state index < -0.39 is 0 Å². The predicted octanol–water partition coefficient (Wildman–Crippen LogP) is 2.63. The average molecular weight is 192 g/mol. The molecule has 0 saturated carbocycles. The topological polar surface area (TPSA) is 29.5 Å². The maximum absolute atomic E-state index is 9.79. The molecule has 1 aliphatic heterocycles. The number of aliphatic hydroxyl groups excluding tert-OH is 1. The lowest BCUT2D eigenvalue weighted by molar-refractivity contribution is 0.114. The van der Waals surface area contributed by atoms with E-state index in [4.69, 9.17) is 4.74 Å². The van der Waals surface area contributed by atoms with Crippen molar-refractivity contribution in [2.24, 2.45) is 0 Å². The molecular formula is C12H16O2. The molecule has 0 saturated heterocycles. The number of fused-ring (bicyclic) bond motifs is 1. The molecule has 0 amide bonds. The van der Waals surface area contributed by atoms with E-state index in [1.807, 2.05) is 12.1 Å². The molecule has 1 aliphatic rings. The summed E-state index contributed by atoms with van der Waals surface area (Å²) in [5.74, 6) is 1.34. The van der Waals surface area contributed by atoms with E-state index in [0.717, 1.165) is 11.3 Å². The zero-order valence-corrected chi connectivity index (χ0v) is 8.66. The molecule has 76 valence electrons. The largest absolute Gasteiger partial charge is 0.493 e. The molecule has 0 aliphatic carbocycles. The second-order valence-electron chi connectivity index (χ2n) is 4.07. The summed E-state index contributed by atoms with van der Waals surface area (Å²) in [6, 6.07) is 6.01. The summed E-state index contributed by atoms with van der Waals surface area (Å²) in [6.07, 6.45) is 0.353. The van der Waals surface area contributed by atoms with Gasteiger partial charge in [0.1, 0.15) is 5.75 Å². The van der Waals surface area contributed by atoms with Crippen molar-refractivity contribution in [3.05, 3.63) is 29.3 Å². The standard InChI is InChI=1S/C12H16O2/c1-8(2)9-4-3-5-10-11(13)6-7-14-12(9)10/h3-5,8,11,13H,6-7H2,1-2H3/t11-/m1/s1. The fourth-order valence-electron chi connectivity index (χ4n) is 1.89. The maximum Gasteiger partial charge on any atom is 0.128 e. The summed E-state index contributed by atoms with van der Waals surface area (Å²) in [7, 11) is 0. The van der Waals surface area contributed by atoms with Crippen molar-refractivity contribution in [3.63, 3.8) is 0 Å². The highest BCUT2D eigenvalue weighted by Gasteiger charge is 2.22.